The van der Waals surface area contributed by atoms with E-state index in [1.54, 1.807) is 0 Å². The first-order valence-electron chi connectivity index (χ1n) is 6.85. The molecule has 0 spiro atoms. The number of ether oxygens (including phenoxy) is 1. The molecule has 0 amide bonds. The van der Waals surface area contributed by atoms with Crippen molar-refractivity contribution >= 4 is 0 Å². The van der Waals surface area contributed by atoms with Crippen molar-refractivity contribution in [3.8, 4) is 0 Å². The van der Waals surface area contributed by atoms with Gasteiger partial charge in [0.2, 0.25) is 0 Å². The molecule has 0 saturated carbocycles. The van der Waals surface area contributed by atoms with Crippen molar-refractivity contribution in [2.24, 2.45) is 10.8 Å². The highest BCUT2D eigenvalue weighted by Gasteiger charge is 2.17. The summed E-state index contributed by atoms with van der Waals surface area (Å²) in [6.45, 7) is 14.4. The molecule has 2 heteroatoms. The summed E-state index contributed by atoms with van der Waals surface area (Å²) < 4.78 is 5.74. The fourth-order valence-electron chi connectivity index (χ4n) is 1.48. The Kier molecular flexibility index (Phi) is 7.34. The Bertz CT molecular complexity index is 192. The Labute approximate surface area is 109 Å². The lowest BCUT2D eigenvalue weighted by molar-refractivity contribution is 0.0808. The zero-order chi connectivity index (χ0) is 13.5. The molecule has 0 saturated heterocycles. The lowest BCUT2D eigenvalue weighted by Gasteiger charge is -2.26. The molecule has 0 fully saturated rings. The number of nitrogens with zero attached hydrogens (tertiary/aromatic N) is 1. The summed E-state index contributed by atoms with van der Waals surface area (Å²) in [5, 5.41) is 0. The molecule has 0 atom stereocenters. The van der Waals surface area contributed by atoms with Gasteiger partial charge in [-0.15, -0.1) is 0 Å². The average molecular weight is 243 g/mol. The minimum Gasteiger partial charge on any atom is -0.381 e. The van der Waals surface area contributed by atoms with Gasteiger partial charge in [0.15, 0.2) is 0 Å². The van der Waals surface area contributed by atoms with E-state index >= 15 is 0 Å². The van der Waals surface area contributed by atoms with Crippen LogP contribution in [-0.2, 0) is 4.74 Å². The molecule has 0 bridgehead atoms. The lowest BCUT2D eigenvalue weighted by atomic mass is 9.86. The van der Waals surface area contributed by atoms with Crippen molar-refractivity contribution in [2.45, 2.75) is 53.9 Å². The minimum absolute atomic E-state index is 0.389. The first kappa shape index (κ1) is 16.9. The average Bonchev–Trinajstić information content (AvgIpc) is 2.12. The molecule has 2 nitrogen and oxygen atoms in total. The second-order valence-corrected chi connectivity index (χ2v) is 7.39. The first-order chi connectivity index (χ1) is 7.62. The Balaban J connectivity index is 3.59. The molecule has 0 aliphatic carbocycles. The Morgan fingerprint density at radius 3 is 1.82 bits per heavy atom. The lowest BCUT2D eigenvalue weighted by Crippen LogP contribution is -2.23. The molecule has 0 N–H and O–H groups in total. The van der Waals surface area contributed by atoms with Crippen LogP contribution >= 0.6 is 0 Å². The maximum absolute atomic E-state index is 5.74. The van der Waals surface area contributed by atoms with Crippen LogP contribution in [0.2, 0.25) is 0 Å². The second kappa shape index (κ2) is 7.38. The van der Waals surface area contributed by atoms with Gasteiger partial charge in [-0.2, -0.15) is 0 Å². The highest BCUT2D eigenvalue weighted by molar-refractivity contribution is 4.69. The third-order valence-corrected chi connectivity index (χ3v) is 3.16. The molecular formula is C15H33NO. The summed E-state index contributed by atoms with van der Waals surface area (Å²) in [5.74, 6) is 0. The van der Waals surface area contributed by atoms with E-state index in [1.807, 2.05) is 0 Å². The summed E-state index contributed by atoms with van der Waals surface area (Å²) in [7, 11) is 4.27. The van der Waals surface area contributed by atoms with Gasteiger partial charge in [0.25, 0.3) is 0 Å². The summed E-state index contributed by atoms with van der Waals surface area (Å²) >= 11 is 0. The van der Waals surface area contributed by atoms with Gasteiger partial charge in [0.1, 0.15) is 0 Å². The van der Waals surface area contributed by atoms with Gasteiger partial charge in [0, 0.05) is 13.2 Å². The van der Waals surface area contributed by atoms with Crippen LogP contribution < -0.4 is 0 Å². The molecular weight excluding hydrogens is 210 g/mol. The van der Waals surface area contributed by atoms with Gasteiger partial charge < -0.3 is 9.64 Å². The van der Waals surface area contributed by atoms with Crippen molar-refractivity contribution in [1.29, 1.82) is 0 Å². The van der Waals surface area contributed by atoms with E-state index in [-0.39, 0.29) is 0 Å². The number of rotatable bonds is 8. The third-order valence-electron chi connectivity index (χ3n) is 3.16. The summed E-state index contributed by atoms with van der Waals surface area (Å²) in [6.07, 6.45) is 3.54. The Hall–Kier alpha value is -0.0800. The molecule has 0 heterocycles. The highest BCUT2D eigenvalue weighted by Crippen LogP contribution is 2.25. The highest BCUT2D eigenvalue weighted by atomic mass is 16.5. The van der Waals surface area contributed by atoms with Crippen molar-refractivity contribution in [3.63, 3.8) is 0 Å². The Morgan fingerprint density at radius 1 is 0.824 bits per heavy atom. The van der Waals surface area contributed by atoms with E-state index in [4.69, 9.17) is 4.74 Å². The molecule has 0 radical (unpaired) electrons. The SMILES string of the molecule is CN(C)CCC(C)(C)CCOCCC(C)(C)C. The van der Waals surface area contributed by atoms with E-state index in [0.29, 0.717) is 10.8 Å². The van der Waals surface area contributed by atoms with Crippen molar-refractivity contribution < 1.29 is 4.74 Å². The summed E-state index contributed by atoms with van der Waals surface area (Å²) in [5.41, 5.74) is 0.784. The van der Waals surface area contributed by atoms with Crippen LogP contribution in [-0.4, -0.2) is 38.8 Å². The fourth-order valence-corrected chi connectivity index (χ4v) is 1.48. The topological polar surface area (TPSA) is 12.5 Å². The van der Waals surface area contributed by atoms with Crippen LogP contribution in [0, 0.1) is 10.8 Å². The van der Waals surface area contributed by atoms with E-state index in [9.17, 15) is 0 Å². The molecule has 0 aliphatic rings. The van der Waals surface area contributed by atoms with E-state index in [0.717, 1.165) is 32.6 Å². The zero-order valence-electron chi connectivity index (χ0n) is 13.1. The van der Waals surface area contributed by atoms with Crippen molar-refractivity contribution in [3.05, 3.63) is 0 Å². The van der Waals surface area contributed by atoms with Crippen LogP contribution in [0.25, 0.3) is 0 Å². The largest absolute Gasteiger partial charge is 0.381 e. The van der Waals surface area contributed by atoms with Crippen molar-refractivity contribution in [1.82, 2.24) is 4.90 Å². The van der Waals surface area contributed by atoms with Gasteiger partial charge in [-0.05, 0) is 50.7 Å². The standard InChI is InChI=1S/C15H33NO/c1-14(2,3)9-12-17-13-10-15(4,5)8-11-16(6)7/h8-13H2,1-7H3. The molecule has 104 valence electrons. The molecule has 0 aliphatic heterocycles. The molecule has 0 rings (SSSR count). The second-order valence-electron chi connectivity index (χ2n) is 7.39. The van der Waals surface area contributed by atoms with Gasteiger partial charge in [0.05, 0.1) is 0 Å². The van der Waals surface area contributed by atoms with E-state index in [2.05, 4.69) is 53.6 Å². The zero-order valence-corrected chi connectivity index (χ0v) is 13.1. The first-order valence-corrected chi connectivity index (χ1v) is 6.85. The molecule has 0 aromatic carbocycles. The maximum atomic E-state index is 5.74. The van der Waals surface area contributed by atoms with E-state index in [1.165, 1.54) is 6.42 Å². The Morgan fingerprint density at radius 2 is 1.35 bits per heavy atom. The van der Waals surface area contributed by atoms with Crippen molar-refractivity contribution in [2.75, 3.05) is 33.9 Å². The molecule has 17 heavy (non-hydrogen) atoms. The van der Waals surface area contributed by atoms with Gasteiger partial charge in [-0.3, -0.25) is 0 Å². The summed E-state index contributed by atoms with van der Waals surface area (Å²) in [4.78, 5) is 2.25. The maximum Gasteiger partial charge on any atom is 0.0471 e. The smallest absolute Gasteiger partial charge is 0.0471 e. The molecule has 0 unspecified atom stereocenters. The number of hydrogen-bond donors (Lipinski definition) is 0. The van der Waals surface area contributed by atoms with Gasteiger partial charge in [-0.1, -0.05) is 34.6 Å². The van der Waals surface area contributed by atoms with Gasteiger partial charge in [-0.25, -0.2) is 0 Å². The molecule has 0 aromatic rings. The van der Waals surface area contributed by atoms with Crippen LogP contribution in [0.1, 0.15) is 53.9 Å². The predicted octanol–water partition coefficient (Wildman–Crippen LogP) is 3.81. The van der Waals surface area contributed by atoms with Crippen LogP contribution in [0.5, 0.6) is 0 Å². The minimum atomic E-state index is 0.389. The van der Waals surface area contributed by atoms with Crippen LogP contribution in [0.4, 0.5) is 0 Å². The number of hydrogen-bond acceptors (Lipinski definition) is 2. The van der Waals surface area contributed by atoms with Crippen LogP contribution in [0.15, 0.2) is 0 Å². The van der Waals surface area contributed by atoms with E-state index < -0.39 is 0 Å². The predicted molar refractivity (Wildman–Crippen MR) is 76.5 cm³/mol. The third kappa shape index (κ3) is 12.2. The van der Waals surface area contributed by atoms with Crippen LogP contribution in [0.3, 0.4) is 0 Å². The summed E-state index contributed by atoms with van der Waals surface area (Å²) in [6, 6.07) is 0. The quantitative estimate of drug-likeness (QED) is 0.601. The van der Waals surface area contributed by atoms with Gasteiger partial charge >= 0.3 is 0 Å². The molecule has 0 aromatic heterocycles. The fraction of sp³-hybridized carbons (Fsp3) is 1.00. The normalized spacial score (nSPS) is 13.4. The monoisotopic (exact) mass is 243 g/mol.